The number of amides is 1. The molecule has 4 heteroatoms. The Bertz CT molecular complexity index is 419. The van der Waals surface area contributed by atoms with E-state index in [1.165, 1.54) is 0 Å². The molecule has 86 valence electrons. The van der Waals surface area contributed by atoms with Gasteiger partial charge in [-0.25, -0.2) is 0 Å². The van der Waals surface area contributed by atoms with E-state index in [1.54, 1.807) is 11.0 Å². The summed E-state index contributed by atoms with van der Waals surface area (Å²) in [4.78, 5) is 13.4. The van der Waals surface area contributed by atoms with Crippen LogP contribution < -0.4 is 4.90 Å². The molecule has 1 heterocycles. The largest absolute Gasteiger partial charge is 0.506 e. The van der Waals surface area contributed by atoms with Crippen molar-refractivity contribution in [2.75, 3.05) is 17.3 Å². The van der Waals surface area contributed by atoms with Gasteiger partial charge in [-0.15, -0.1) is 11.6 Å². The van der Waals surface area contributed by atoms with Gasteiger partial charge in [0.1, 0.15) is 5.75 Å². The van der Waals surface area contributed by atoms with Crippen LogP contribution in [0.2, 0.25) is 0 Å². The van der Waals surface area contributed by atoms with Gasteiger partial charge in [0.05, 0.1) is 5.69 Å². The minimum atomic E-state index is 0.0338. The molecule has 1 aromatic rings. The Hall–Kier alpha value is -1.22. The zero-order valence-corrected chi connectivity index (χ0v) is 9.87. The number of aryl methyl sites for hydroxylation is 1. The minimum Gasteiger partial charge on any atom is -0.506 e. The molecule has 1 aliphatic rings. The second-order valence-electron chi connectivity index (χ2n) is 4.22. The molecule has 0 aromatic heterocycles. The third-order valence-electron chi connectivity index (χ3n) is 2.85. The maximum atomic E-state index is 11.8. The van der Waals surface area contributed by atoms with E-state index in [0.29, 0.717) is 24.5 Å². The van der Waals surface area contributed by atoms with Gasteiger partial charge in [-0.3, -0.25) is 4.79 Å². The van der Waals surface area contributed by atoms with Crippen LogP contribution in [0.1, 0.15) is 12.0 Å². The molecule has 1 aromatic carbocycles. The Balaban J connectivity index is 2.30. The number of phenols is 1. The van der Waals surface area contributed by atoms with Crippen LogP contribution in [0.4, 0.5) is 5.69 Å². The summed E-state index contributed by atoms with van der Waals surface area (Å²) in [7, 11) is 0. The van der Waals surface area contributed by atoms with Gasteiger partial charge in [-0.05, 0) is 30.5 Å². The first-order chi connectivity index (χ1) is 7.61. The van der Waals surface area contributed by atoms with E-state index >= 15 is 0 Å². The quantitative estimate of drug-likeness (QED) is 0.805. The van der Waals surface area contributed by atoms with Gasteiger partial charge in [0.2, 0.25) is 5.91 Å². The summed E-state index contributed by atoms with van der Waals surface area (Å²) in [6.07, 6.45) is 0.469. The smallest absolute Gasteiger partial charge is 0.227 e. The number of anilines is 1. The number of alkyl halides is 1. The summed E-state index contributed by atoms with van der Waals surface area (Å²) in [6.45, 7) is 2.53. The van der Waals surface area contributed by atoms with Gasteiger partial charge < -0.3 is 10.0 Å². The second-order valence-corrected chi connectivity index (χ2v) is 4.53. The van der Waals surface area contributed by atoms with Gasteiger partial charge in [-0.1, -0.05) is 6.07 Å². The highest BCUT2D eigenvalue weighted by molar-refractivity contribution is 6.18. The first-order valence-corrected chi connectivity index (χ1v) is 5.81. The molecule has 1 N–H and O–H groups in total. The fraction of sp³-hybridized carbons (Fsp3) is 0.417. The van der Waals surface area contributed by atoms with Crippen molar-refractivity contribution in [3.8, 4) is 5.75 Å². The first-order valence-electron chi connectivity index (χ1n) is 5.27. The zero-order chi connectivity index (χ0) is 11.7. The van der Waals surface area contributed by atoms with E-state index in [0.717, 1.165) is 5.56 Å². The zero-order valence-electron chi connectivity index (χ0n) is 9.11. The number of carbonyl (C=O) groups is 1. The Morgan fingerprint density at radius 2 is 2.31 bits per heavy atom. The molecule has 1 unspecified atom stereocenters. The minimum absolute atomic E-state index is 0.0338. The molecule has 0 spiro atoms. The van der Waals surface area contributed by atoms with Crippen LogP contribution in [-0.4, -0.2) is 23.4 Å². The van der Waals surface area contributed by atoms with Crippen molar-refractivity contribution >= 4 is 23.2 Å². The lowest BCUT2D eigenvalue weighted by Crippen LogP contribution is -2.24. The molecule has 0 bridgehead atoms. The van der Waals surface area contributed by atoms with E-state index in [2.05, 4.69) is 0 Å². The molecule has 1 aliphatic heterocycles. The lowest BCUT2D eigenvalue weighted by atomic mass is 10.1. The number of nitrogens with zero attached hydrogens (tertiary/aromatic N) is 1. The Kier molecular flexibility index (Phi) is 3.06. The van der Waals surface area contributed by atoms with Gasteiger partial charge in [-0.2, -0.15) is 0 Å². The molecular weight excluding hydrogens is 226 g/mol. The average molecular weight is 240 g/mol. The van der Waals surface area contributed by atoms with Crippen molar-refractivity contribution < 1.29 is 9.90 Å². The highest BCUT2D eigenvalue weighted by atomic mass is 35.5. The predicted molar refractivity (Wildman–Crippen MR) is 64.0 cm³/mol. The van der Waals surface area contributed by atoms with Crippen LogP contribution in [0.15, 0.2) is 18.2 Å². The van der Waals surface area contributed by atoms with Crippen LogP contribution in [-0.2, 0) is 4.79 Å². The van der Waals surface area contributed by atoms with Crippen LogP contribution in [0, 0.1) is 12.8 Å². The van der Waals surface area contributed by atoms with Crippen LogP contribution in [0.25, 0.3) is 0 Å². The van der Waals surface area contributed by atoms with Gasteiger partial charge >= 0.3 is 0 Å². The molecule has 1 atom stereocenters. The number of carbonyl (C=O) groups excluding carboxylic acids is 1. The molecular formula is C12H14ClNO2. The standard InChI is InChI=1S/C12H14ClNO2/c1-8-2-3-11(15)10(4-8)14-7-9(6-13)5-12(14)16/h2-4,9,15H,5-7H2,1H3. The first kappa shape index (κ1) is 11.3. The van der Waals surface area contributed by atoms with Crippen LogP contribution in [0.5, 0.6) is 5.75 Å². The lowest BCUT2D eigenvalue weighted by molar-refractivity contribution is -0.117. The van der Waals surface area contributed by atoms with Gasteiger partial charge in [0, 0.05) is 18.8 Å². The molecule has 0 saturated carbocycles. The molecule has 0 aliphatic carbocycles. The summed E-state index contributed by atoms with van der Waals surface area (Å²) in [6, 6.07) is 5.26. The number of benzene rings is 1. The molecule has 1 amide bonds. The number of phenolic OH excluding ortho intramolecular Hbond substituents is 1. The van der Waals surface area contributed by atoms with Crippen molar-refractivity contribution in [3.05, 3.63) is 23.8 Å². The number of hydrogen-bond acceptors (Lipinski definition) is 2. The van der Waals surface area contributed by atoms with Crippen molar-refractivity contribution in [3.63, 3.8) is 0 Å². The number of hydrogen-bond donors (Lipinski definition) is 1. The number of halogens is 1. The fourth-order valence-electron chi connectivity index (χ4n) is 1.97. The van der Waals surface area contributed by atoms with Gasteiger partial charge in [0.15, 0.2) is 0 Å². The van der Waals surface area contributed by atoms with E-state index in [1.807, 2.05) is 19.1 Å². The molecule has 1 saturated heterocycles. The summed E-state index contributed by atoms with van der Waals surface area (Å²) in [5.74, 6) is 0.851. The Morgan fingerprint density at radius 3 is 2.94 bits per heavy atom. The van der Waals surface area contributed by atoms with E-state index in [-0.39, 0.29) is 17.6 Å². The third kappa shape index (κ3) is 2.00. The summed E-state index contributed by atoms with van der Waals surface area (Å²) >= 11 is 5.76. The molecule has 0 radical (unpaired) electrons. The summed E-state index contributed by atoms with van der Waals surface area (Å²) in [5.41, 5.74) is 1.62. The van der Waals surface area contributed by atoms with E-state index < -0.39 is 0 Å². The molecule has 2 rings (SSSR count). The van der Waals surface area contributed by atoms with Crippen molar-refractivity contribution in [1.29, 1.82) is 0 Å². The highest BCUT2D eigenvalue weighted by Gasteiger charge is 2.31. The van der Waals surface area contributed by atoms with Crippen molar-refractivity contribution in [1.82, 2.24) is 0 Å². The maximum Gasteiger partial charge on any atom is 0.227 e. The Morgan fingerprint density at radius 1 is 1.56 bits per heavy atom. The van der Waals surface area contributed by atoms with E-state index in [9.17, 15) is 9.90 Å². The van der Waals surface area contributed by atoms with Crippen molar-refractivity contribution in [2.24, 2.45) is 5.92 Å². The molecule has 16 heavy (non-hydrogen) atoms. The molecule has 1 fully saturated rings. The predicted octanol–water partition coefficient (Wildman–Crippen LogP) is 2.29. The third-order valence-corrected chi connectivity index (χ3v) is 3.28. The van der Waals surface area contributed by atoms with E-state index in [4.69, 9.17) is 11.6 Å². The van der Waals surface area contributed by atoms with Gasteiger partial charge in [0.25, 0.3) is 0 Å². The van der Waals surface area contributed by atoms with Crippen LogP contribution >= 0.6 is 11.6 Å². The summed E-state index contributed by atoms with van der Waals surface area (Å²) < 4.78 is 0. The topological polar surface area (TPSA) is 40.5 Å². The highest BCUT2D eigenvalue weighted by Crippen LogP contribution is 2.33. The monoisotopic (exact) mass is 239 g/mol. The normalized spacial score (nSPS) is 20.5. The molecule has 3 nitrogen and oxygen atoms in total. The van der Waals surface area contributed by atoms with Crippen LogP contribution in [0.3, 0.4) is 0 Å². The number of aromatic hydroxyl groups is 1. The average Bonchev–Trinajstić information content (AvgIpc) is 2.63. The SMILES string of the molecule is Cc1ccc(O)c(N2CC(CCl)CC2=O)c1. The second kappa shape index (κ2) is 4.34. The Labute approximate surface area is 99.6 Å². The number of rotatable bonds is 2. The maximum absolute atomic E-state index is 11.8. The lowest BCUT2D eigenvalue weighted by Gasteiger charge is -2.18. The van der Waals surface area contributed by atoms with Crippen molar-refractivity contribution in [2.45, 2.75) is 13.3 Å². The summed E-state index contributed by atoms with van der Waals surface area (Å²) in [5, 5.41) is 9.75. The fourth-order valence-corrected chi connectivity index (χ4v) is 2.17.